The molecule has 0 spiro atoms. The van der Waals surface area contributed by atoms with Crippen molar-refractivity contribution in [1.82, 2.24) is 9.78 Å². The van der Waals surface area contributed by atoms with E-state index in [9.17, 15) is 13.6 Å². The zero-order valence-corrected chi connectivity index (χ0v) is 15.2. The first-order chi connectivity index (χ1) is 13.5. The normalized spacial score (nSPS) is 14.0. The summed E-state index contributed by atoms with van der Waals surface area (Å²) in [7, 11) is 0. The third kappa shape index (κ3) is 4.36. The maximum Gasteiger partial charge on any atom is 0.229 e. The molecule has 0 bridgehead atoms. The number of hydrogen-bond acceptors (Lipinski definition) is 3. The number of amides is 1. The highest BCUT2D eigenvalue weighted by molar-refractivity contribution is 5.91. The van der Waals surface area contributed by atoms with Crippen molar-refractivity contribution in [2.24, 2.45) is 0 Å². The summed E-state index contributed by atoms with van der Waals surface area (Å²) in [6.07, 6.45) is 1.25. The second kappa shape index (κ2) is 7.80. The average Bonchev–Trinajstić information content (AvgIpc) is 3.08. The first-order valence-electron chi connectivity index (χ1n) is 9.11. The van der Waals surface area contributed by atoms with Gasteiger partial charge in [-0.2, -0.15) is 5.10 Å². The van der Waals surface area contributed by atoms with Gasteiger partial charge in [-0.1, -0.05) is 24.3 Å². The molecular weight excluding hydrogens is 362 g/mol. The Morgan fingerprint density at radius 1 is 1.04 bits per heavy atom. The van der Waals surface area contributed by atoms with Crippen molar-refractivity contribution >= 4 is 17.4 Å². The Bertz CT molecular complexity index is 947. The zero-order chi connectivity index (χ0) is 19.5. The smallest absolute Gasteiger partial charge is 0.229 e. The fourth-order valence-electron chi connectivity index (χ4n) is 3.13. The summed E-state index contributed by atoms with van der Waals surface area (Å²) in [4.78, 5) is 14.2. The SMILES string of the molecule is O=C(Cc1ccc(N2CC(F)C2)cc1)Nc1ccn(Cc2ccc(F)cc2)n1. The van der Waals surface area contributed by atoms with Gasteiger partial charge in [-0.25, -0.2) is 8.78 Å². The first-order valence-corrected chi connectivity index (χ1v) is 9.11. The van der Waals surface area contributed by atoms with E-state index in [1.165, 1.54) is 12.1 Å². The molecule has 1 N–H and O–H groups in total. The van der Waals surface area contributed by atoms with Crippen LogP contribution in [0.15, 0.2) is 60.8 Å². The fourth-order valence-corrected chi connectivity index (χ4v) is 3.13. The second-order valence-corrected chi connectivity index (χ2v) is 6.92. The van der Waals surface area contributed by atoms with Crippen LogP contribution in [0, 0.1) is 5.82 Å². The Hall–Kier alpha value is -3.22. The third-order valence-electron chi connectivity index (χ3n) is 4.67. The Morgan fingerprint density at radius 3 is 2.39 bits per heavy atom. The molecule has 1 aliphatic rings. The van der Waals surface area contributed by atoms with Gasteiger partial charge in [-0.05, 0) is 35.4 Å². The molecule has 1 aliphatic heterocycles. The predicted molar refractivity (Wildman–Crippen MR) is 104 cm³/mol. The number of nitrogens with one attached hydrogen (secondary N) is 1. The number of hydrogen-bond donors (Lipinski definition) is 1. The van der Waals surface area contributed by atoms with Crippen LogP contribution in [0.2, 0.25) is 0 Å². The summed E-state index contributed by atoms with van der Waals surface area (Å²) in [5, 5.41) is 7.10. The molecular formula is C21H20F2N4O. The lowest BCUT2D eigenvalue weighted by atomic mass is 10.1. The minimum absolute atomic E-state index is 0.160. The van der Waals surface area contributed by atoms with E-state index in [1.54, 1.807) is 29.1 Å². The summed E-state index contributed by atoms with van der Waals surface area (Å²) in [5.41, 5.74) is 2.77. The van der Waals surface area contributed by atoms with E-state index in [0.29, 0.717) is 25.5 Å². The molecule has 7 heteroatoms. The number of carbonyl (C=O) groups is 1. The summed E-state index contributed by atoms with van der Waals surface area (Å²) in [5.74, 6) is 0.0348. The van der Waals surface area contributed by atoms with Crippen LogP contribution in [-0.4, -0.2) is 34.9 Å². The van der Waals surface area contributed by atoms with Gasteiger partial charge in [0.1, 0.15) is 12.0 Å². The highest BCUT2D eigenvalue weighted by Gasteiger charge is 2.26. The van der Waals surface area contributed by atoms with Crippen molar-refractivity contribution in [2.75, 3.05) is 23.3 Å². The number of rotatable bonds is 6. The van der Waals surface area contributed by atoms with Crippen molar-refractivity contribution in [1.29, 1.82) is 0 Å². The van der Waals surface area contributed by atoms with Gasteiger partial charge >= 0.3 is 0 Å². The topological polar surface area (TPSA) is 50.2 Å². The van der Waals surface area contributed by atoms with Gasteiger partial charge in [0.25, 0.3) is 0 Å². The minimum atomic E-state index is -0.742. The number of halogens is 2. The fraction of sp³-hybridized carbons (Fsp3) is 0.238. The number of anilines is 2. The summed E-state index contributed by atoms with van der Waals surface area (Å²) in [6, 6.07) is 15.5. The van der Waals surface area contributed by atoms with E-state index >= 15 is 0 Å². The molecule has 5 nitrogen and oxygen atoms in total. The molecule has 28 heavy (non-hydrogen) atoms. The minimum Gasteiger partial charge on any atom is -0.366 e. The Labute approximate surface area is 161 Å². The maximum absolute atomic E-state index is 13.0. The molecule has 0 aliphatic carbocycles. The summed E-state index contributed by atoms with van der Waals surface area (Å²) >= 11 is 0. The quantitative estimate of drug-likeness (QED) is 0.711. The Kier molecular flexibility index (Phi) is 5.06. The molecule has 1 saturated heterocycles. The molecule has 1 fully saturated rings. The lowest BCUT2D eigenvalue weighted by Crippen LogP contribution is -2.48. The van der Waals surface area contributed by atoms with Crippen LogP contribution < -0.4 is 10.2 Å². The number of carbonyl (C=O) groups excluding carboxylic acids is 1. The summed E-state index contributed by atoms with van der Waals surface area (Å²) < 4.78 is 27.6. The van der Waals surface area contributed by atoms with E-state index in [-0.39, 0.29) is 18.1 Å². The average molecular weight is 382 g/mol. The maximum atomic E-state index is 13.0. The molecule has 1 aromatic heterocycles. The van der Waals surface area contributed by atoms with Crippen LogP contribution in [0.4, 0.5) is 20.3 Å². The monoisotopic (exact) mass is 382 g/mol. The van der Waals surface area contributed by atoms with Crippen LogP contribution in [0.1, 0.15) is 11.1 Å². The summed E-state index contributed by atoms with van der Waals surface area (Å²) in [6.45, 7) is 1.36. The van der Waals surface area contributed by atoms with Crippen LogP contribution >= 0.6 is 0 Å². The zero-order valence-electron chi connectivity index (χ0n) is 15.2. The molecule has 0 radical (unpaired) electrons. The molecule has 0 saturated carbocycles. The molecule has 2 heterocycles. The molecule has 144 valence electrons. The third-order valence-corrected chi connectivity index (χ3v) is 4.67. The van der Waals surface area contributed by atoms with Crippen molar-refractivity contribution < 1.29 is 13.6 Å². The van der Waals surface area contributed by atoms with Crippen LogP contribution in [0.3, 0.4) is 0 Å². The predicted octanol–water partition coefficient (Wildman–Crippen LogP) is 3.41. The van der Waals surface area contributed by atoms with E-state index in [4.69, 9.17) is 0 Å². The molecule has 0 unspecified atom stereocenters. The lowest BCUT2D eigenvalue weighted by molar-refractivity contribution is -0.115. The standard InChI is InChI=1S/C21H20F2N4O/c22-17-5-1-16(2-6-17)12-27-10-9-20(25-27)24-21(28)11-15-3-7-19(8-4-15)26-13-18(23)14-26/h1-10,18H,11-14H2,(H,24,25,28). The van der Waals surface area contributed by atoms with E-state index in [0.717, 1.165) is 16.8 Å². The highest BCUT2D eigenvalue weighted by atomic mass is 19.1. The van der Waals surface area contributed by atoms with Gasteiger partial charge in [0, 0.05) is 18.0 Å². The van der Waals surface area contributed by atoms with Gasteiger partial charge in [0.05, 0.1) is 26.1 Å². The second-order valence-electron chi connectivity index (χ2n) is 6.92. The number of nitrogens with zero attached hydrogens (tertiary/aromatic N) is 3. The van der Waals surface area contributed by atoms with Gasteiger partial charge in [0.2, 0.25) is 5.91 Å². The van der Waals surface area contributed by atoms with Crippen molar-refractivity contribution in [3.05, 3.63) is 77.7 Å². The first kappa shape index (κ1) is 18.2. The molecule has 0 atom stereocenters. The lowest BCUT2D eigenvalue weighted by Gasteiger charge is -2.36. The van der Waals surface area contributed by atoms with Crippen molar-refractivity contribution in [3.8, 4) is 0 Å². The van der Waals surface area contributed by atoms with Gasteiger partial charge in [-0.15, -0.1) is 0 Å². The Morgan fingerprint density at radius 2 is 1.71 bits per heavy atom. The van der Waals surface area contributed by atoms with E-state index < -0.39 is 6.17 Å². The van der Waals surface area contributed by atoms with E-state index in [1.807, 2.05) is 29.2 Å². The number of aromatic nitrogens is 2. The Balaban J connectivity index is 1.30. The van der Waals surface area contributed by atoms with Gasteiger partial charge < -0.3 is 10.2 Å². The van der Waals surface area contributed by atoms with Crippen molar-refractivity contribution in [2.45, 2.75) is 19.1 Å². The molecule has 3 aromatic rings. The van der Waals surface area contributed by atoms with Crippen molar-refractivity contribution in [3.63, 3.8) is 0 Å². The van der Waals surface area contributed by atoms with Gasteiger partial charge in [0.15, 0.2) is 5.82 Å². The van der Waals surface area contributed by atoms with Crippen LogP contribution in [0.5, 0.6) is 0 Å². The molecule has 4 rings (SSSR count). The molecule has 2 aromatic carbocycles. The van der Waals surface area contributed by atoms with Crippen LogP contribution in [0.25, 0.3) is 0 Å². The number of alkyl halides is 1. The highest BCUT2D eigenvalue weighted by Crippen LogP contribution is 2.23. The van der Waals surface area contributed by atoms with Gasteiger partial charge in [-0.3, -0.25) is 9.48 Å². The largest absolute Gasteiger partial charge is 0.366 e. The van der Waals surface area contributed by atoms with Crippen LogP contribution in [-0.2, 0) is 17.8 Å². The number of benzene rings is 2. The molecule has 1 amide bonds. The van der Waals surface area contributed by atoms with E-state index in [2.05, 4.69) is 10.4 Å².